The van der Waals surface area contributed by atoms with Gasteiger partial charge in [-0.25, -0.2) is 17.5 Å². The number of sulfonamides is 1. The second-order valence-corrected chi connectivity index (χ2v) is 7.84. The molecule has 4 nitrogen and oxygen atoms in total. The van der Waals surface area contributed by atoms with Gasteiger partial charge >= 0.3 is 0 Å². The van der Waals surface area contributed by atoms with Crippen molar-refractivity contribution in [3.8, 4) is 0 Å². The number of nitrogens with two attached hydrogens (primary N) is 1. The Morgan fingerprint density at radius 1 is 1.40 bits per heavy atom. The lowest BCUT2D eigenvalue weighted by atomic mass is 10.2. The standard InChI is InChI=1S/C13H19FN2O2S2/c1-8-6-9(15)7-12(13(8)14)20(17,18)16-10-4-3-5-11(10)19-2/h6-7,10-11,16H,3-5,15H2,1-2H3. The lowest BCUT2D eigenvalue weighted by Gasteiger charge is -2.19. The van der Waals surface area contributed by atoms with E-state index in [-0.39, 0.29) is 27.4 Å². The maximum Gasteiger partial charge on any atom is 0.243 e. The van der Waals surface area contributed by atoms with Crippen molar-refractivity contribution in [2.24, 2.45) is 0 Å². The molecule has 1 fully saturated rings. The Kier molecular flexibility index (Phi) is 4.61. The predicted molar refractivity (Wildman–Crippen MR) is 80.8 cm³/mol. The van der Waals surface area contributed by atoms with Crippen molar-refractivity contribution >= 4 is 27.5 Å². The van der Waals surface area contributed by atoms with Gasteiger partial charge in [0.05, 0.1) is 0 Å². The number of aryl methyl sites for hydroxylation is 1. The molecule has 1 aliphatic carbocycles. The molecular formula is C13H19FN2O2S2. The summed E-state index contributed by atoms with van der Waals surface area (Å²) in [5, 5.41) is 0.245. The number of nitrogens with one attached hydrogen (secondary N) is 1. The van der Waals surface area contributed by atoms with Crippen LogP contribution in [0.1, 0.15) is 24.8 Å². The van der Waals surface area contributed by atoms with Gasteiger partial charge in [0.25, 0.3) is 0 Å². The monoisotopic (exact) mass is 318 g/mol. The molecule has 0 spiro atoms. The first-order valence-electron chi connectivity index (χ1n) is 6.46. The van der Waals surface area contributed by atoms with E-state index >= 15 is 0 Å². The Morgan fingerprint density at radius 3 is 2.75 bits per heavy atom. The van der Waals surface area contributed by atoms with E-state index in [0.717, 1.165) is 19.3 Å². The molecule has 0 radical (unpaired) electrons. The molecule has 1 saturated carbocycles. The summed E-state index contributed by atoms with van der Waals surface area (Å²) < 4.78 is 41.4. The van der Waals surface area contributed by atoms with E-state index < -0.39 is 15.8 Å². The molecule has 0 bridgehead atoms. The first-order valence-corrected chi connectivity index (χ1v) is 9.23. The minimum absolute atomic E-state index is 0.142. The van der Waals surface area contributed by atoms with Crippen molar-refractivity contribution in [1.82, 2.24) is 4.72 Å². The van der Waals surface area contributed by atoms with Crippen molar-refractivity contribution in [2.45, 2.75) is 42.4 Å². The molecule has 2 rings (SSSR count). The molecule has 0 saturated heterocycles. The predicted octanol–water partition coefficient (Wildman–Crippen LogP) is 2.28. The molecule has 1 aromatic carbocycles. The number of nitrogen functional groups attached to an aromatic ring is 1. The fourth-order valence-corrected chi connectivity index (χ4v) is 5.08. The van der Waals surface area contributed by atoms with Gasteiger partial charge in [0.15, 0.2) is 0 Å². The van der Waals surface area contributed by atoms with Crippen LogP contribution in [0.25, 0.3) is 0 Å². The highest BCUT2D eigenvalue weighted by Gasteiger charge is 2.32. The van der Waals surface area contributed by atoms with Crippen LogP contribution in [0.15, 0.2) is 17.0 Å². The van der Waals surface area contributed by atoms with Gasteiger partial charge in [-0.15, -0.1) is 0 Å². The molecule has 0 aromatic heterocycles. The highest BCUT2D eigenvalue weighted by Crippen LogP contribution is 2.30. The van der Waals surface area contributed by atoms with E-state index in [9.17, 15) is 12.8 Å². The second kappa shape index (κ2) is 5.91. The zero-order valence-corrected chi connectivity index (χ0v) is 13.2. The van der Waals surface area contributed by atoms with Crippen molar-refractivity contribution in [1.29, 1.82) is 0 Å². The topological polar surface area (TPSA) is 72.2 Å². The summed E-state index contributed by atoms with van der Waals surface area (Å²) in [4.78, 5) is -0.359. The highest BCUT2D eigenvalue weighted by atomic mass is 32.2. The van der Waals surface area contributed by atoms with E-state index in [0.29, 0.717) is 0 Å². The lowest BCUT2D eigenvalue weighted by molar-refractivity contribution is 0.536. The average Bonchev–Trinajstić information content (AvgIpc) is 2.80. The van der Waals surface area contributed by atoms with Gasteiger partial charge in [-0.05, 0) is 43.7 Å². The van der Waals surface area contributed by atoms with Crippen LogP contribution >= 0.6 is 11.8 Å². The van der Waals surface area contributed by atoms with Crippen LogP contribution in [0.2, 0.25) is 0 Å². The number of hydrogen-bond acceptors (Lipinski definition) is 4. The van der Waals surface area contributed by atoms with Gasteiger partial charge in [-0.3, -0.25) is 0 Å². The molecule has 3 N–H and O–H groups in total. The number of benzene rings is 1. The summed E-state index contributed by atoms with van der Waals surface area (Å²) in [6.07, 6.45) is 4.71. The maximum atomic E-state index is 14.1. The van der Waals surface area contributed by atoms with E-state index in [1.165, 1.54) is 19.1 Å². The first-order chi connectivity index (χ1) is 9.35. The molecule has 2 atom stereocenters. The largest absolute Gasteiger partial charge is 0.399 e. The number of anilines is 1. The van der Waals surface area contributed by atoms with Crippen LogP contribution in [0.4, 0.5) is 10.1 Å². The van der Waals surface area contributed by atoms with E-state index in [1.807, 2.05) is 6.26 Å². The summed E-state index contributed by atoms with van der Waals surface area (Å²) in [6.45, 7) is 1.50. The number of halogens is 1. The number of rotatable bonds is 4. The Morgan fingerprint density at radius 2 is 2.10 bits per heavy atom. The Bertz CT molecular complexity index is 605. The molecular weight excluding hydrogens is 299 g/mol. The SMILES string of the molecule is CSC1CCCC1NS(=O)(=O)c1cc(N)cc(C)c1F. The van der Waals surface area contributed by atoms with Gasteiger partial charge < -0.3 is 5.73 Å². The Hall–Kier alpha value is -0.790. The van der Waals surface area contributed by atoms with Gasteiger partial charge in [0, 0.05) is 17.0 Å². The van der Waals surface area contributed by atoms with Crippen molar-refractivity contribution in [3.05, 3.63) is 23.5 Å². The van der Waals surface area contributed by atoms with Crippen LogP contribution in [0.3, 0.4) is 0 Å². The molecule has 0 amide bonds. The zero-order chi connectivity index (χ0) is 14.9. The van der Waals surface area contributed by atoms with Crippen LogP contribution < -0.4 is 10.5 Å². The molecule has 7 heteroatoms. The van der Waals surface area contributed by atoms with Gasteiger partial charge in [-0.1, -0.05) is 6.42 Å². The van der Waals surface area contributed by atoms with Crippen molar-refractivity contribution < 1.29 is 12.8 Å². The van der Waals surface area contributed by atoms with Gasteiger partial charge in [0.2, 0.25) is 10.0 Å². The second-order valence-electron chi connectivity index (χ2n) is 5.08. The molecule has 2 unspecified atom stereocenters. The minimum atomic E-state index is -3.88. The quantitative estimate of drug-likeness (QED) is 0.836. The van der Waals surface area contributed by atoms with Gasteiger partial charge in [-0.2, -0.15) is 11.8 Å². The van der Waals surface area contributed by atoms with Crippen molar-refractivity contribution in [2.75, 3.05) is 12.0 Å². The van der Waals surface area contributed by atoms with Crippen LogP contribution in [0, 0.1) is 12.7 Å². The van der Waals surface area contributed by atoms with Crippen molar-refractivity contribution in [3.63, 3.8) is 0 Å². The Balaban J connectivity index is 2.31. The summed E-state index contributed by atoms with van der Waals surface area (Å²) >= 11 is 1.64. The third kappa shape index (κ3) is 3.10. The van der Waals surface area contributed by atoms with E-state index in [2.05, 4.69) is 4.72 Å². The molecule has 1 aromatic rings. The minimum Gasteiger partial charge on any atom is -0.399 e. The fourth-order valence-electron chi connectivity index (χ4n) is 2.57. The number of hydrogen-bond donors (Lipinski definition) is 2. The number of thioether (sulfide) groups is 1. The zero-order valence-electron chi connectivity index (χ0n) is 11.5. The molecule has 20 heavy (non-hydrogen) atoms. The summed E-state index contributed by atoms with van der Waals surface area (Å²) in [5.41, 5.74) is 6.11. The summed E-state index contributed by atoms with van der Waals surface area (Å²) in [5.74, 6) is -0.731. The summed E-state index contributed by atoms with van der Waals surface area (Å²) in [7, 11) is -3.88. The van der Waals surface area contributed by atoms with Gasteiger partial charge in [0.1, 0.15) is 10.7 Å². The van der Waals surface area contributed by atoms with Crippen LogP contribution in [-0.2, 0) is 10.0 Å². The van der Waals surface area contributed by atoms with E-state index in [4.69, 9.17) is 5.73 Å². The first kappa shape index (κ1) is 15.6. The molecule has 1 aliphatic rings. The lowest BCUT2D eigenvalue weighted by Crippen LogP contribution is -2.39. The summed E-state index contributed by atoms with van der Waals surface area (Å²) in [6, 6.07) is 2.46. The van der Waals surface area contributed by atoms with Crippen LogP contribution in [-0.4, -0.2) is 26.0 Å². The van der Waals surface area contributed by atoms with Crippen LogP contribution in [0.5, 0.6) is 0 Å². The fraction of sp³-hybridized carbons (Fsp3) is 0.538. The third-order valence-corrected chi connectivity index (χ3v) is 6.25. The average molecular weight is 318 g/mol. The normalized spacial score (nSPS) is 23.1. The van der Waals surface area contributed by atoms with E-state index in [1.54, 1.807) is 11.8 Å². The smallest absolute Gasteiger partial charge is 0.243 e. The molecule has 112 valence electrons. The highest BCUT2D eigenvalue weighted by molar-refractivity contribution is 7.99. The Labute approximate surface area is 123 Å². The molecule has 0 heterocycles. The maximum absolute atomic E-state index is 14.1. The third-order valence-electron chi connectivity index (χ3n) is 3.59. The molecule has 0 aliphatic heterocycles.